The van der Waals surface area contributed by atoms with Gasteiger partial charge in [-0.05, 0) is 32.9 Å². The molecular weight excluding hydrogens is 334 g/mol. The van der Waals surface area contributed by atoms with Crippen LogP contribution in [0.5, 0.6) is 0 Å². The number of hydrogen-bond acceptors (Lipinski definition) is 6. The van der Waals surface area contributed by atoms with Gasteiger partial charge in [-0.25, -0.2) is 8.42 Å². The van der Waals surface area contributed by atoms with Crippen molar-refractivity contribution in [2.45, 2.75) is 43.7 Å². The third-order valence-corrected chi connectivity index (χ3v) is 5.00. The Bertz CT molecular complexity index is 783. The second-order valence-electron chi connectivity index (χ2n) is 6.93. The standard InChI is InChI=1S/C15H21N3O5S/c1-15(2,3)17-9-10(7-14(17)19)16-12-6-5-11(24(4,22)23)8-13(12)18(20)21/h5-6,8,10,16H,7,9H2,1-4H3. The van der Waals surface area contributed by atoms with Gasteiger partial charge in [0, 0.05) is 30.8 Å². The van der Waals surface area contributed by atoms with Crippen LogP contribution in [0.15, 0.2) is 23.1 Å². The third-order valence-electron chi connectivity index (χ3n) is 3.89. The largest absolute Gasteiger partial charge is 0.374 e. The molecule has 8 nitrogen and oxygen atoms in total. The number of nitro groups is 1. The lowest BCUT2D eigenvalue weighted by Gasteiger charge is -2.32. The van der Waals surface area contributed by atoms with E-state index in [9.17, 15) is 23.3 Å². The number of nitrogens with one attached hydrogen (secondary N) is 1. The molecule has 0 spiro atoms. The van der Waals surface area contributed by atoms with E-state index >= 15 is 0 Å². The molecule has 1 aromatic carbocycles. The number of carbonyl (C=O) groups excluding carboxylic acids is 1. The van der Waals surface area contributed by atoms with Crippen molar-refractivity contribution in [1.29, 1.82) is 0 Å². The number of rotatable bonds is 4. The molecule has 0 radical (unpaired) electrons. The van der Waals surface area contributed by atoms with Crippen LogP contribution >= 0.6 is 0 Å². The maximum Gasteiger partial charge on any atom is 0.293 e. The Morgan fingerprint density at radius 2 is 1.96 bits per heavy atom. The van der Waals surface area contributed by atoms with Crippen molar-refractivity contribution in [3.63, 3.8) is 0 Å². The zero-order valence-electron chi connectivity index (χ0n) is 14.1. The van der Waals surface area contributed by atoms with Gasteiger partial charge in [-0.1, -0.05) is 0 Å². The first kappa shape index (κ1) is 18.2. The molecule has 2 rings (SSSR count). The lowest BCUT2D eigenvalue weighted by Crippen LogP contribution is -2.43. The smallest absolute Gasteiger partial charge is 0.293 e. The average molecular weight is 355 g/mol. The number of nitro benzene ring substituents is 1. The van der Waals surface area contributed by atoms with Gasteiger partial charge in [-0.2, -0.15) is 0 Å². The first-order chi connectivity index (χ1) is 10.9. The highest BCUT2D eigenvalue weighted by atomic mass is 32.2. The summed E-state index contributed by atoms with van der Waals surface area (Å²) in [5.74, 6) is -0.0181. The van der Waals surface area contributed by atoms with Gasteiger partial charge in [-0.15, -0.1) is 0 Å². The second kappa shape index (κ2) is 6.04. The van der Waals surface area contributed by atoms with E-state index in [-0.39, 0.29) is 40.2 Å². The molecule has 1 unspecified atom stereocenters. The highest BCUT2D eigenvalue weighted by Gasteiger charge is 2.36. The lowest BCUT2D eigenvalue weighted by molar-refractivity contribution is -0.384. The Morgan fingerprint density at radius 1 is 1.33 bits per heavy atom. The summed E-state index contributed by atoms with van der Waals surface area (Å²) in [6.45, 7) is 6.22. The fourth-order valence-electron chi connectivity index (χ4n) is 2.69. The SMILES string of the molecule is CC(C)(C)N1CC(Nc2ccc(S(C)(=O)=O)cc2[N+](=O)[O-])CC1=O. The van der Waals surface area contributed by atoms with E-state index in [1.54, 1.807) is 4.90 Å². The second-order valence-corrected chi connectivity index (χ2v) is 8.94. The molecule has 1 atom stereocenters. The topological polar surface area (TPSA) is 110 Å². The van der Waals surface area contributed by atoms with Crippen LogP contribution in [0.25, 0.3) is 0 Å². The van der Waals surface area contributed by atoms with E-state index in [4.69, 9.17) is 0 Å². The van der Waals surface area contributed by atoms with E-state index in [0.29, 0.717) is 6.54 Å². The molecule has 1 heterocycles. The summed E-state index contributed by atoms with van der Waals surface area (Å²) in [6.07, 6.45) is 1.23. The van der Waals surface area contributed by atoms with Gasteiger partial charge >= 0.3 is 0 Å². The number of anilines is 1. The average Bonchev–Trinajstić information content (AvgIpc) is 2.78. The van der Waals surface area contributed by atoms with Gasteiger partial charge in [-0.3, -0.25) is 14.9 Å². The molecule has 1 N–H and O–H groups in total. The van der Waals surface area contributed by atoms with E-state index in [1.165, 1.54) is 12.1 Å². The number of benzene rings is 1. The Kier molecular flexibility index (Phi) is 4.58. The maximum atomic E-state index is 12.1. The normalized spacial score (nSPS) is 18.8. The van der Waals surface area contributed by atoms with Crippen molar-refractivity contribution in [3.8, 4) is 0 Å². The molecule has 0 saturated carbocycles. The quantitative estimate of drug-likeness (QED) is 0.651. The molecule has 1 aliphatic heterocycles. The molecule has 1 aliphatic rings. The molecule has 1 amide bonds. The lowest BCUT2D eigenvalue weighted by atomic mass is 10.1. The molecule has 0 aromatic heterocycles. The minimum Gasteiger partial charge on any atom is -0.374 e. The van der Waals surface area contributed by atoms with Crippen LogP contribution in [0.2, 0.25) is 0 Å². The number of amides is 1. The fourth-order valence-corrected chi connectivity index (χ4v) is 3.33. The Balaban J connectivity index is 2.28. The van der Waals surface area contributed by atoms with Crippen molar-refractivity contribution < 1.29 is 18.1 Å². The van der Waals surface area contributed by atoms with Crippen molar-refractivity contribution >= 4 is 27.1 Å². The van der Waals surface area contributed by atoms with Crippen LogP contribution in [0.1, 0.15) is 27.2 Å². The van der Waals surface area contributed by atoms with Crippen molar-refractivity contribution in [2.24, 2.45) is 0 Å². The van der Waals surface area contributed by atoms with E-state index in [0.717, 1.165) is 12.3 Å². The Labute approximate surface area is 140 Å². The van der Waals surface area contributed by atoms with Gasteiger partial charge in [0.05, 0.1) is 15.9 Å². The summed E-state index contributed by atoms with van der Waals surface area (Å²) in [6, 6.07) is 3.47. The van der Waals surface area contributed by atoms with Gasteiger partial charge < -0.3 is 10.2 Å². The maximum absolute atomic E-state index is 12.1. The molecule has 24 heavy (non-hydrogen) atoms. The highest BCUT2D eigenvalue weighted by molar-refractivity contribution is 7.90. The van der Waals surface area contributed by atoms with Gasteiger partial charge in [0.25, 0.3) is 5.69 Å². The van der Waals surface area contributed by atoms with Crippen molar-refractivity contribution in [3.05, 3.63) is 28.3 Å². The van der Waals surface area contributed by atoms with Gasteiger partial charge in [0.15, 0.2) is 9.84 Å². The van der Waals surface area contributed by atoms with Crippen LogP contribution in [0.3, 0.4) is 0 Å². The highest BCUT2D eigenvalue weighted by Crippen LogP contribution is 2.30. The molecule has 0 bridgehead atoms. The summed E-state index contributed by atoms with van der Waals surface area (Å²) in [5.41, 5.74) is -0.430. The van der Waals surface area contributed by atoms with E-state index < -0.39 is 14.8 Å². The molecule has 1 saturated heterocycles. The predicted molar refractivity (Wildman–Crippen MR) is 89.7 cm³/mol. The first-order valence-electron chi connectivity index (χ1n) is 7.45. The number of nitrogens with zero attached hydrogens (tertiary/aromatic N) is 2. The number of likely N-dealkylation sites (tertiary alicyclic amines) is 1. The Hall–Kier alpha value is -2.16. The van der Waals surface area contributed by atoms with Crippen LogP contribution < -0.4 is 5.32 Å². The molecule has 0 aliphatic carbocycles. The third kappa shape index (κ3) is 3.84. The molecule has 1 aromatic rings. The minimum absolute atomic E-state index is 0.0181. The van der Waals surface area contributed by atoms with Gasteiger partial charge in [0.1, 0.15) is 5.69 Å². The van der Waals surface area contributed by atoms with Crippen LogP contribution in [0.4, 0.5) is 11.4 Å². The van der Waals surface area contributed by atoms with Gasteiger partial charge in [0.2, 0.25) is 5.91 Å². The first-order valence-corrected chi connectivity index (χ1v) is 9.34. The van der Waals surface area contributed by atoms with E-state index in [2.05, 4.69) is 5.32 Å². The minimum atomic E-state index is -3.53. The van der Waals surface area contributed by atoms with Crippen molar-refractivity contribution in [2.75, 3.05) is 18.1 Å². The summed E-state index contributed by atoms with van der Waals surface area (Å²) in [5, 5.41) is 14.3. The molecule has 132 valence electrons. The zero-order chi connectivity index (χ0) is 18.3. The Morgan fingerprint density at radius 3 is 2.42 bits per heavy atom. The summed E-state index contributed by atoms with van der Waals surface area (Å²) < 4.78 is 23.1. The van der Waals surface area contributed by atoms with Crippen molar-refractivity contribution in [1.82, 2.24) is 4.90 Å². The van der Waals surface area contributed by atoms with Crippen LogP contribution in [-0.4, -0.2) is 48.5 Å². The summed E-state index contributed by atoms with van der Waals surface area (Å²) in [4.78, 5) is 24.3. The summed E-state index contributed by atoms with van der Waals surface area (Å²) >= 11 is 0. The molecular formula is C15H21N3O5S. The number of carbonyl (C=O) groups is 1. The van der Waals surface area contributed by atoms with Crippen LogP contribution in [-0.2, 0) is 14.6 Å². The zero-order valence-corrected chi connectivity index (χ0v) is 14.9. The van der Waals surface area contributed by atoms with Crippen LogP contribution in [0, 0.1) is 10.1 Å². The predicted octanol–water partition coefficient (Wildman–Crippen LogP) is 1.81. The summed E-state index contributed by atoms with van der Waals surface area (Å²) in [7, 11) is -3.53. The number of sulfone groups is 1. The molecule has 1 fully saturated rings. The number of hydrogen-bond donors (Lipinski definition) is 1. The molecule has 9 heteroatoms. The van der Waals surface area contributed by atoms with E-state index in [1.807, 2.05) is 20.8 Å². The monoisotopic (exact) mass is 355 g/mol. The fraction of sp³-hybridized carbons (Fsp3) is 0.533.